The van der Waals surface area contributed by atoms with Crippen molar-refractivity contribution < 1.29 is 9.59 Å². The van der Waals surface area contributed by atoms with Crippen LogP contribution in [-0.2, 0) is 9.59 Å². The van der Waals surface area contributed by atoms with Gasteiger partial charge in [-0.1, -0.05) is 13.8 Å². The molecule has 11 heavy (non-hydrogen) atoms. The Hall–Kier alpha value is -0.660. The van der Waals surface area contributed by atoms with Crippen molar-refractivity contribution in [2.75, 3.05) is 0 Å². The normalized spacial score (nSPS) is 15.5. The van der Waals surface area contributed by atoms with Gasteiger partial charge in [-0.15, -0.1) is 0 Å². The van der Waals surface area contributed by atoms with Crippen molar-refractivity contribution in [1.82, 2.24) is 0 Å². The van der Waals surface area contributed by atoms with Gasteiger partial charge in [-0.3, -0.25) is 4.79 Å². The average Bonchev–Trinajstić information content (AvgIpc) is 2.00. The van der Waals surface area contributed by atoms with E-state index in [9.17, 15) is 9.59 Å². The molecular weight excluding hydrogens is 140 g/mol. The molecule has 0 aromatic carbocycles. The molecule has 0 aromatic heterocycles. The molecule has 0 bridgehead atoms. The first-order chi connectivity index (χ1) is 5.04. The molecule has 0 rings (SSSR count). The maximum Gasteiger partial charge on any atom is 0.204 e. The SMILES string of the molecule is CCC(C)([C]=O)CCC(C)=O. The number of ketones is 1. The lowest BCUT2D eigenvalue weighted by atomic mass is 9.84. The van der Waals surface area contributed by atoms with Gasteiger partial charge in [-0.05, 0) is 19.8 Å². The second kappa shape index (κ2) is 4.27. The first kappa shape index (κ1) is 10.3. The smallest absolute Gasteiger partial charge is 0.204 e. The summed E-state index contributed by atoms with van der Waals surface area (Å²) in [5.74, 6) is 0.139. The zero-order chi connectivity index (χ0) is 8.91. The third kappa shape index (κ3) is 3.91. The number of hydrogen-bond donors (Lipinski definition) is 0. The first-order valence-electron chi connectivity index (χ1n) is 3.93. The van der Waals surface area contributed by atoms with Crippen molar-refractivity contribution in [3.8, 4) is 0 Å². The number of hydrogen-bond acceptors (Lipinski definition) is 2. The molecule has 0 N–H and O–H groups in total. The summed E-state index contributed by atoms with van der Waals surface area (Å²) in [5, 5.41) is 0. The van der Waals surface area contributed by atoms with Gasteiger partial charge in [-0.2, -0.15) is 0 Å². The minimum Gasteiger partial charge on any atom is -0.300 e. The van der Waals surface area contributed by atoms with Gasteiger partial charge < -0.3 is 4.79 Å². The van der Waals surface area contributed by atoms with Gasteiger partial charge in [0.1, 0.15) is 5.78 Å². The summed E-state index contributed by atoms with van der Waals surface area (Å²) in [4.78, 5) is 21.0. The van der Waals surface area contributed by atoms with Crippen LogP contribution in [0.25, 0.3) is 0 Å². The highest BCUT2D eigenvalue weighted by atomic mass is 16.1. The van der Waals surface area contributed by atoms with E-state index in [2.05, 4.69) is 0 Å². The minimum atomic E-state index is -0.411. The zero-order valence-electron chi connectivity index (χ0n) is 7.44. The summed E-state index contributed by atoms with van der Waals surface area (Å²) in [6.45, 7) is 5.31. The summed E-state index contributed by atoms with van der Waals surface area (Å²) in [7, 11) is 0. The van der Waals surface area contributed by atoms with Crippen molar-refractivity contribution in [1.29, 1.82) is 0 Å². The van der Waals surface area contributed by atoms with Crippen molar-refractivity contribution >= 4 is 12.1 Å². The fourth-order valence-electron chi connectivity index (χ4n) is 0.752. The summed E-state index contributed by atoms with van der Waals surface area (Å²) in [6.07, 6.45) is 3.85. The molecule has 1 radical (unpaired) electrons. The van der Waals surface area contributed by atoms with E-state index >= 15 is 0 Å². The van der Waals surface area contributed by atoms with Crippen molar-refractivity contribution in [2.45, 2.75) is 40.0 Å². The van der Waals surface area contributed by atoms with E-state index in [-0.39, 0.29) is 5.78 Å². The third-order valence-electron chi connectivity index (χ3n) is 2.06. The monoisotopic (exact) mass is 155 g/mol. The Kier molecular flexibility index (Phi) is 4.01. The number of carbonyl (C=O) groups is 1. The lowest BCUT2D eigenvalue weighted by molar-refractivity contribution is -0.117. The quantitative estimate of drug-likeness (QED) is 0.607. The highest BCUT2D eigenvalue weighted by molar-refractivity contribution is 5.76. The maximum absolute atomic E-state index is 10.6. The van der Waals surface area contributed by atoms with Crippen LogP contribution < -0.4 is 0 Å². The Morgan fingerprint density at radius 2 is 2.09 bits per heavy atom. The second-order valence-electron chi connectivity index (χ2n) is 3.22. The topological polar surface area (TPSA) is 34.1 Å². The number of Topliss-reactive ketones (excluding diaryl/α,β-unsaturated/α-hetero) is 1. The second-order valence-corrected chi connectivity index (χ2v) is 3.22. The molecule has 1 atom stereocenters. The standard InChI is InChI=1S/C9H15O2/c1-4-9(3,7-10)6-5-8(2)11/h4-6H2,1-3H3. The van der Waals surface area contributed by atoms with Gasteiger partial charge in [0.05, 0.1) is 0 Å². The van der Waals surface area contributed by atoms with Crippen molar-refractivity contribution in [2.24, 2.45) is 5.41 Å². The summed E-state index contributed by atoms with van der Waals surface area (Å²) < 4.78 is 0. The molecule has 63 valence electrons. The fraction of sp³-hybridized carbons (Fsp3) is 0.778. The number of rotatable bonds is 5. The number of carbonyl (C=O) groups excluding carboxylic acids is 2. The minimum absolute atomic E-state index is 0.139. The van der Waals surface area contributed by atoms with E-state index < -0.39 is 5.41 Å². The van der Waals surface area contributed by atoms with E-state index in [4.69, 9.17) is 0 Å². The van der Waals surface area contributed by atoms with Gasteiger partial charge >= 0.3 is 0 Å². The van der Waals surface area contributed by atoms with Crippen LogP contribution in [0.1, 0.15) is 40.0 Å². The molecule has 0 aliphatic carbocycles. The van der Waals surface area contributed by atoms with E-state index in [1.807, 2.05) is 20.1 Å². The van der Waals surface area contributed by atoms with Crippen LogP contribution in [0, 0.1) is 5.41 Å². The summed E-state index contributed by atoms with van der Waals surface area (Å²) in [6, 6.07) is 0. The van der Waals surface area contributed by atoms with Gasteiger partial charge in [0, 0.05) is 11.8 Å². The highest BCUT2D eigenvalue weighted by Crippen LogP contribution is 2.24. The van der Waals surface area contributed by atoms with Gasteiger partial charge in [-0.25, -0.2) is 0 Å². The van der Waals surface area contributed by atoms with Crippen LogP contribution in [-0.4, -0.2) is 12.1 Å². The first-order valence-corrected chi connectivity index (χ1v) is 3.93. The molecule has 0 amide bonds. The van der Waals surface area contributed by atoms with E-state index in [0.29, 0.717) is 12.8 Å². The van der Waals surface area contributed by atoms with Gasteiger partial charge in [0.15, 0.2) is 0 Å². The zero-order valence-corrected chi connectivity index (χ0v) is 7.44. The predicted molar refractivity (Wildman–Crippen MR) is 44.0 cm³/mol. The molecule has 0 aliphatic rings. The van der Waals surface area contributed by atoms with Crippen LogP contribution in [0.5, 0.6) is 0 Å². The molecule has 1 unspecified atom stereocenters. The Morgan fingerprint density at radius 1 is 1.55 bits per heavy atom. The molecular formula is C9H15O2. The highest BCUT2D eigenvalue weighted by Gasteiger charge is 2.22. The summed E-state index contributed by atoms with van der Waals surface area (Å²) >= 11 is 0. The molecule has 0 saturated carbocycles. The van der Waals surface area contributed by atoms with Crippen LogP contribution in [0.15, 0.2) is 0 Å². The van der Waals surface area contributed by atoms with Crippen LogP contribution in [0.3, 0.4) is 0 Å². The van der Waals surface area contributed by atoms with Crippen molar-refractivity contribution in [3.63, 3.8) is 0 Å². The van der Waals surface area contributed by atoms with Crippen LogP contribution >= 0.6 is 0 Å². The largest absolute Gasteiger partial charge is 0.300 e. The average molecular weight is 155 g/mol. The molecule has 0 saturated heterocycles. The van der Waals surface area contributed by atoms with E-state index in [1.165, 1.54) is 0 Å². The lowest BCUT2D eigenvalue weighted by Crippen LogP contribution is -2.17. The molecule has 2 heteroatoms. The molecule has 0 aliphatic heterocycles. The lowest BCUT2D eigenvalue weighted by Gasteiger charge is -2.18. The Morgan fingerprint density at radius 3 is 2.36 bits per heavy atom. The molecule has 0 spiro atoms. The molecule has 2 nitrogen and oxygen atoms in total. The third-order valence-corrected chi connectivity index (χ3v) is 2.06. The Bertz CT molecular complexity index is 152. The molecule has 0 heterocycles. The van der Waals surface area contributed by atoms with Crippen molar-refractivity contribution in [3.05, 3.63) is 0 Å². The predicted octanol–water partition coefficient (Wildman–Crippen LogP) is 1.88. The molecule has 0 aromatic rings. The summed E-state index contributed by atoms with van der Waals surface area (Å²) in [5.41, 5.74) is -0.411. The van der Waals surface area contributed by atoms with E-state index in [0.717, 1.165) is 6.42 Å². The Labute approximate surface area is 68.0 Å². The van der Waals surface area contributed by atoms with Crippen LogP contribution in [0.2, 0.25) is 0 Å². The van der Waals surface area contributed by atoms with Gasteiger partial charge in [0.2, 0.25) is 6.29 Å². The maximum atomic E-state index is 10.6. The van der Waals surface area contributed by atoms with Crippen LogP contribution in [0.4, 0.5) is 0 Å². The Balaban J connectivity index is 3.87. The fourth-order valence-corrected chi connectivity index (χ4v) is 0.752. The van der Waals surface area contributed by atoms with Gasteiger partial charge in [0.25, 0.3) is 0 Å². The molecule has 0 fully saturated rings. The van der Waals surface area contributed by atoms with E-state index in [1.54, 1.807) is 6.92 Å².